The molecule has 4 atom stereocenters. The summed E-state index contributed by atoms with van der Waals surface area (Å²) in [6.07, 6.45) is 3.71. The van der Waals surface area contributed by atoms with Crippen LogP contribution in [0.3, 0.4) is 0 Å². The SMILES string of the molecule is C=C=C1CCC(C)([C@@H](I)C(I)C(I)C(C)C)C1. The van der Waals surface area contributed by atoms with Gasteiger partial charge in [-0.3, -0.25) is 0 Å². The van der Waals surface area contributed by atoms with Gasteiger partial charge in [-0.2, -0.15) is 0 Å². The zero-order chi connectivity index (χ0) is 13.2. The number of halogens is 3. The third-order valence-electron chi connectivity index (χ3n) is 3.75. The average Bonchev–Trinajstić information content (AvgIpc) is 2.69. The second-order valence-corrected chi connectivity index (χ2v) is 9.86. The molecule has 1 fully saturated rings. The van der Waals surface area contributed by atoms with Crippen LogP contribution < -0.4 is 0 Å². The highest BCUT2D eigenvalue weighted by Crippen LogP contribution is 2.50. The molecule has 0 heterocycles. The highest BCUT2D eigenvalue weighted by Gasteiger charge is 2.42. The molecule has 0 bridgehead atoms. The van der Waals surface area contributed by atoms with Gasteiger partial charge < -0.3 is 0 Å². The van der Waals surface area contributed by atoms with E-state index in [-0.39, 0.29) is 0 Å². The van der Waals surface area contributed by atoms with Gasteiger partial charge in [-0.1, -0.05) is 95.1 Å². The minimum atomic E-state index is 0.449. The van der Waals surface area contributed by atoms with E-state index < -0.39 is 0 Å². The second kappa shape index (κ2) is 6.93. The Morgan fingerprint density at radius 2 is 1.82 bits per heavy atom. The monoisotopic (exact) mass is 570 g/mol. The van der Waals surface area contributed by atoms with Crippen LogP contribution in [0.1, 0.15) is 40.0 Å². The minimum Gasteiger partial charge on any atom is -0.130 e. The summed E-state index contributed by atoms with van der Waals surface area (Å²) in [5.41, 5.74) is 5.01. The lowest BCUT2D eigenvalue weighted by Gasteiger charge is -2.36. The van der Waals surface area contributed by atoms with Crippen LogP contribution in [0.25, 0.3) is 0 Å². The maximum Gasteiger partial charge on any atom is 0.0353 e. The normalized spacial score (nSPS) is 30.2. The molecule has 3 unspecified atom stereocenters. The van der Waals surface area contributed by atoms with Gasteiger partial charge in [-0.25, -0.2) is 0 Å². The number of allylic oxidation sites excluding steroid dienone is 1. The zero-order valence-corrected chi connectivity index (χ0v) is 17.2. The van der Waals surface area contributed by atoms with Crippen molar-refractivity contribution >= 4 is 67.8 Å². The molecule has 98 valence electrons. The highest BCUT2D eigenvalue weighted by molar-refractivity contribution is 14.1. The van der Waals surface area contributed by atoms with Crippen LogP contribution in [0.2, 0.25) is 0 Å². The summed E-state index contributed by atoms with van der Waals surface area (Å²) < 4.78 is 2.22. The maximum absolute atomic E-state index is 3.81. The summed E-state index contributed by atoms with van der Waals surface area (Å²) >= 11 is 7.99. The number of hydrogen-bond acceptors (Lipinski definition) is 0. The Morgan fingerprint density at radius 3 is 2.24 bits per heavy atom. The standard InChI is InChI=1S/C14H21I3/c1-5-10-6-7-14(4,8-10)13(17)12(16)11(15)9(2)3/h9,11-13H,1,6-8H2,2-4H3/t11?,12?,13-,14?/m0/s1. The molecule has 1 aliphatic rings. The lowest BCUT2D eigenvalue weighted by atomic mass is 9.82. The molecule has 1 rings (SSSR count). The van der Waals surface area contributed by atoms with Gasteiger partial charge >= 0.3 is 0 Å². The molecule has 0 aromatic rings. The summed E-state index contributed by atoms with van der Waals surface area (Å²) in [6, 6.07) is 0. The van der Waals surface area contributed by atoms with E-state index in [2.05, 4.69) is 101 Å². The number of hydrogen-bond donors (Lipinski definition) is 0. The summed E-state index contributed by atoms with van der Waals surface area (Å²) in [6.45, 7) is 10.9. The van der Waals surface area contributed by atoms with Crippen LogP contribution in [-0.4, -0.2) is 11.8 Å². The fraction of sp³-hybridized carbons (Fsp3) is 0.786. The fourth-order valence-electron chi connectivity index (χ4n) is 2.40. The molecule has 0 aliphatic heterocycles. The smallest absolute Gasteiger partial charge is 0.0353 e. The van der Waals surface area contributed by atoms with Crippen molar-refractivity contribution in [3.8, 4) is 0 Å². The summed E-state index contributed by atoms with van der Waals surface area (Å²) in [4.78, 5) is 0. The summed E-state index contributed by atoms with van der Waals surface area (Å²) in [5.74, 6) is 0.759. The average molecular weight is 570 g/mol. The molecular weight excluding hydrogens is 549 g/mol. The van der Waals surface area contributed by atoms with Crippen molar-refractivity contribution in [2.24, 2.45) is 11.3 Å². The van der Waals surface area contributed by atoms with E-state index in [1.54, 1.807) is 0 Å². The molecular formula is C14H21I3. The minimum absolute atomic E-state index is 0.449. The Hall–Kier alpha value is 1.71. The fourth-order valence-corrected chi connectivity index (χ4v) is 6.29. The maximum atomic E-state index is 3.81. The van der Waals surface area contributed by atoms with Crippen molar-refractivity contribution < 1.29 is 0 Å². The Morgan fingerprint density at radius 1 is 1.24 bits per heavy atom. The predicted molar refractivity (Wildman–Crippen MR) is 103 cm³/mol. The molecule has 3 heteroatoms. The topological polar surface area (TPSA) is 0 Å². The van der Waals surface area contributed by atoms with Crippen molar-refractivity contribution in [2.75, 3.05) is 0 Å². The van der Waals surface area contributed by atoms with E-state index in [4.69, 9.17) is 0 Å². The van der Waals surface area contributed by atoms with E-state index in [1.165, 1.54) is 24.8 Å². The highest BCUT2D eigenvalue weighted by atomic mass is 127. The van der Waals surface area contributed by atoms with Gasteiger partial charge in [-0.05, 0) is 36.2 Å². The van der Waals surface area contributed by atoms with Crippen LogP contribution in [0, 0.1) is 11.3 Å². The first-order valence-electron chi connectivity index (χ1n) is 6.12. The zero-order valence-electron chi connectivity index (χ0n) is 10.8. The third kappa shape index (κ3) is 4.09. The van der Waals surface area contributed by atoms with Gasteiger partial charge in [0.15, 0.2) is 0 Å². The first kappa shape index (κ1) is 16.8. The molecule has 1 aliphatic carbocycles. The summed E-state index contributed by atoms with van der Waals surface area (Å²) in [7, 11) is 0. The van der Waals surface area contributed by atoms with Crippen LogP contribution >= 0.6 is 67.8 Å². The van der Waals surface area contributed by atoms with Crippen molar-refractivity contribution in [2.45, 2.75) is 51.8 Å². The molecule has 0 aromatic heterocycles. The third-order valence-corrected chi connectivity index (χ3v) is 12.5. The van der Waals surface area contributed by atoms with Gasteiger partial charge in [-0.15, -0.1) is 5.73 Å². The predicted octanol–water partition coefficient (Wildman–Crippen LogP) is 5.95. The Kier molecular flexibility index (Phi) is 6.83. The lowest BCUT2D eigenvalue weighted by Crippen LogP contribution is -2.38. The molecule has 0 spiro atoms. The molecule has 1 saturated carbocycles. The molecule has 0 amide bonds. The van der Waals surface area contributed by atoms with Gasteiger partial charge in [0.25, 0.3) is 0 Å². The van der Waals surface area contributed by atoms with Crippen LogP contribution in [0.4, 0.5) is 0 Å². The number of rotatable bonds is 4. The molecule has 0 saturated heterocycles. The second-order valence-electron chi connectivity index (χ2n) is 5.65. The summed E-state index contributed by atoms with van der Waals surface area (Å²) in [5, 5.41) is 0. The quantitative estimate of drug-likeness (QED) is 0.223. The molecule has 0 aromatic carbocycles. The Balaban J connectivity index is 2.76. The molecule has 0 radical (unpaired) electrons. The van der Waals surface area contributed by atoms with Gasteiger partial charge in [0.2, 0.25) is 0 Å². The van der Waals surface area contributed by atoms with E-state index in [1.807, 2.05) is 0 Å². The van der Waals surface area contributed by atoms with Gasteiger partial charge in [0, 0.05) is 11.8 Å². The van der Waals surface area contributed by atoms with E-state index in [9.17, 15) is 0 Å². The number of alkyl halides is 3. The van der Waals surface area contributed by atoms with Crippen molar-refractivity contribution in [1.82, 2.24) is 0 Å². The Labute approximate surface area is 147 Å². The van der Waals surface area contributed by atoms with Gasteiger partial charge in [0.05, 0.1) is 0 Å². The van der Waals surface area contributed by atoms with Crippen molar-refractivity contribution in [3.05, 3.63) is 17.9 Å². The first-order chi connectivity index (χ1) is 7.81. The lowest BCUT2D eigenvalue weighted by molar-refractivity contribution is 0.331. The van der Waals surface area contributed by atoms with Crippen LogP contribution in [0.15, 0.2) is 17.9 Å². The molecule has 0 N–H and O–H groups in total. The van der Waals surface area contributed by atoms with Crippen LogP contribution in [-0.2, 0) is 0 Å². The van der Waals surface area contributed by atoms with E-state index in [0.717, 1.165) is 17.7 Å². The first-order valence-corrected chi connectivity index (χ1v) is 9.85. The van der Waals surface area contributed by atoms with E-state index >= 15 is 0 Å². The van der Waals surface area contributed by atoms with Crippen LogP contribution in [0.5, 0.6) is 0 Å². The van der Waals surface area contributed by atoms with E-state index in [0.29, 0.717) is 5.41 Å². The molecule has 0 nitrogen and oxygen atoms in total. The van der Waals surface area contributed by atoms with Crippen molar-refractivity contribution in [3.63, 3.8) is 0 Å². The largest absolute Gasteiger partial charge is 0.130 e. The van der Waals surface area contributed by atoms with Crippen molar-refractivity contribution in [1.29, 1.82) is 0 Å². The van der Waals surface area contributed by atoms with Gasteiger partial charge in [0.1, 0.15) is 0 Å². The molecule has 17 heavy (non-hydrogen) atoms. The Bertz CT molecular complexity index is 317.